The van der Waals surface area contributed by atoms with Crippen molar-refractivity contribution < 1.29 is 0 Å². The molecular formula is C14H27N. The van der Waals surface area contributed by atoms with Crippen LogP contribution < -0.4 is 5.32 Å². The van der Waals surface area contributed by atoms with E-state index in [0.717, 1.165) is 11.8 Å². The molecule has 0 aliphatic heterocycles. The van der Waals surface area contributed by atoms with Crippen LogP contribution in [0.2, 0.25) is 0 Å². The van der Waals surface area contributed by atoms with Gasteiger partial charge in [-0.05, 0) is 52.4 Å². The van der Waals surface area contributed by atoms with Gasteiger partial charge in [0, 0.05) is 11.6 Å². The molecule has 1 nitrogen and oxygen atoms in total. The first-order chi connectivity index (χ1) is 6.79. The van der Waals surface area contributed by atoms with Gasteiger partial charge in [0.15, 0.2) is 0 Å². The largest absolute Gasteiger partial charge is 0.309 e. The molecule has 1 aliphatic carbocycles. The lowest BCUT2D eigenvalue weighted by molar-refractivity contribution is 0.222. The van der Waals surface area contributed by atoms with Crippen molar-refractivity contribution in [2.75, 3.05) is 0 Å². The second-order valence-electron chi connectivity index (χ2n) is 6.40. The van der Waals surface area contributed by atoms with E-state index in [4.69, 9.17) is 0 Å². The van der Waals surface area contributed by atoms with Crippen molar-refractivity contribution in [3.05, 3.63) is 11.6 Å². The molecule has 2 atom stereocenters. The summed E-state index contributed by atoms with van der Waals surface area (Å²) in [5.74, 6) is 1.57. The quantitative estimate of drug-likeness (QED) is 0.683. The lowest BCUT2D eigenvalue weighted by atomic mass is 9.78. The zero-order valence-electron chi connectivity index (χ0n) is 11.2. The van der Waals surface area contributed by atoms with E-state index in [1.54, 1.807) is 5.57 Å². The van der Waals surface area contributed by atoms with Gasteiger partial charge in [-0.15, -0.1) is 0 Å². The predicted molar refractivity (Wildman–Crippen MR) is 68.0 cm³/mol. The van der Waals surface area contributed by atoms with E-state index in [2.05, 4.69) is 52.9 Å². The van der Waals surface area contributed by atoms with E-state index in [1.165, 1.54) is 12.8 Å². The average Bonchev–Trinajstić information content (AvgIpc) is 1.99. The van der Waals surface area contributed by atoms with Crippen LogP contribution >= 0.6 is 0 Å². The van der Waals surface area contributed by atoms with Gasteiger partial charge in [0.1, 0.15) is 0 Å². The Morgan fingerprint density at radius 1 is 1.33 bits per heavy atom. The number of nitrogens with one attached hydrogen (secondary N) is 1. The third kappa shape index (κ3) is 3.98. The Hall–Kier alpha value is -0.300. The topological polar surface area (TPSA) is 12.0 Å². The highest BCUT2D eigenvalue weighted by atomic mass is 15.0. The van der Waals surface area contributed by atoms with Crippen LogP contribution in [0.25, 0.3) is 0 Å². The average molecular weight is 209 g/mol. The Morgan fingerprint density at radius 2 is 1.93 bits per heavy atom. The van der Waals surface area contributed by atoms with Crippen LogP contribution in [-0.4, -0.2) is 11.6 Å². The molecule has 0 fully saturated rings. The summed E-state index contributed by atoms with van der Waals surface area (Å²) in [6.45, 7) is 13.7. The molecule has 2 unspecified atom stereocenters. The van der Waals surface area contributed by atoms with Crippen molar-refractivity contribution in [2.45, 2.75) is 66.0 Å². The fourth-order valence-corrected chi connectivity index (χ4v) is 2.53. The van der Waals surface area contributed by atoms with Gasteiger partial charge >= 0.3 is 0 Å². The van der Waals surface area contributed by atoms with Crippen LogP contribution in [0.1, 0.15) is 54.4 Å². The normalized spacial score (nSPS) is 28.1. The summed E-state index contributed by atoms with van der Waals surface area (Å²) < 4.78 is 0. The van der Waals surface area contributed by atoms with E-state index < -0.39 is 0 Å². The van der Waals surface area contributed by atoms with Crippen LogP contribution in [0.15, 0.2) is 11.6 Å². The molecule has 0 saturated heterocycles. The highest BCUT2D eigenvalue weighted by Crippen LogP contribution is 2.30. The van der Waals surface area contributed by atoms with Crippen molar-refractivity contribution in [1.82, 2.24) is 5.32 Å². The molecule has 1 heteroatoms. The van der Waals surface area contributed by atoms with E-state index in [9.17, 15) is 0 Å². The molecule has 0 aromatic carbocycles. The van der Waals surface area contributed by atoms with E-state index in [0.29, 0.717) is 6.04 Å². The highest BCUT2D eigenvalue weighted by Gasteiger charge is 2.29. The van der Waals surface area contributed by atoms with Crippen molar-refractivity contribution in [3.8, 4) is 0 Å². The molecule has 0 bridgehead atoms. The number of hydrogen-bond acceptors (Lipinski definition) is 1. The second kappa shape index (κ2) is 4.69. The molecular weight excluding hydrogens is 182 g/mol. The van der Waals surface area contributed by atoms with Crippen molar-refractivity contribution in [2.24, 2.45) is 11.8 Å². The van der Waals surface area contributed by atoms with Gasteiger partial charge in [0.05, 0.1) is 0 Å². The highest BCUT2D eigenvalue weighted by molar-refractivity contribution is 5.09. The summed E-state index contributed by atoms with van der Waals surface area (Å²) in [5, 5.41) is 3.78. The zero-order valence-corrected chi connectivity index (χ0v) is 11.2. The molecule has 0 amide bonds. The Labute approximate surface area is 95.3 Å². The van der Waals surface area contributed by atoms with Crippen LogP contribution in [0.4, 0.5) is 0 Å². The van der Waals surface area contributed by atoms with Gasteiger partial charge in [0.2, 0.25) is 0 Å². The third-order valence-electron chi connectivity index (χ3n) is 3.27. The van der Waals surface area contributed by atoms with Crippen LogP contribution in [0.3, 0.4) is 0 Å². The molecule has 1 rings (SSSR count). The molecule has 0 heterocycles. The minimum atomic E-state index is 0.232. The summed E-state index contributed by atoms with van der Waals surface area (Å²) in [4.78, 5) is 0. The van der Waals surface area contributed by atoms with Gasteiger partial charge in [0.25, 0.3) is 0 Å². The zero-order chi connectivity index (χ0) is 11.6. The summed E-state index contributed by atoms with van der Waals surface area (Å²) >= 11 is 0. The first-order valence-corrected chi connectivity index (χ1v) is 6.23. The van der Waals surface area contributed by atoms with Crippen LogP contribution in [0.5, 0.6) is 0 Å². The van der Waals surface area contributed by atoms with Gasteiger partial charge < -0.3 is 5.32 Å². The SMILES string of the molecule is CC1=CCC(C(C)C)C(NC(C)(C)C)C1. The van der Waals surface area contributed by atoms with Gasteiger partial charge in [-0.2, -0.15) is 0 Å². The Balaban J connectivity index is 2.70. The summed E-state index contributed by atoms with van der Waals surface area (Å²) in [6.07, 6.45) is 4.89. The summed E-state index contributed by atoms with van der Waals surface area (Å²) in [5.41, 5.74) is 1.78. The monoisotopic (exact) mass is 209 g/mol. The Kier molecular flexibility index (Phi) is 3.99. The first kappa shape index (κ1) is 12.8. The molecule has 88 valence electrons. The maximum Gasteiger partial charge on any atom is 0.0143 e. The number of hydrogen-bond donors (Lipinski definition) is 1. The molecule has 1 N–H and O–H groups in total. The summed E-state index contributed by atoms with van der Waals surface area (Å²) in [6, 6.07) is 0.662. The van der Waals surface area contributed by atoms with E-state index in [-0.39, 0.29) is 5.54 Å². The van der Waals surface area contributed by atoms with Gasteiger partial charge in [-0.25, -0.2) is 0 Å². The molecule has 0 aromatic rings. The predicted octanol–water partition coefficient (Wildman–Crippen LogP) is 3.76. The molecule has 1 aliphatic rings. The second-order valence-corrected chi connectivity index (χ2v) is 6.40. The van der Waals surface area contributed by atoms with Crippen molar-refractivity contribution >= 4 is 0 Å². The maximum atomic E-state index is 3.78. The molecule has 0 spiro atoms. The van der Waals surface area contributed by atoms with Crippen LogP contribution in [0, 0.1) is 11.8 Å². The fourth-order valence-electron chi connectivity index (χ4n) is 2.53. The third-order valence-corrected chi connectivity index (χ3v) is 3.27. The molecule has 0 saturated carbocycles. The Bertz CT molecular complexity index is 232. The number of allylic oxidation sites excluding steroid dienone is 1. The summed E-state index contributed by atoms with van der Waals surface area (Å²) in [7, 11) is 0. The molecule has 0 aromatic heterocycles. The fraction of sp³-hybridized carbons (Fsp3) is 0.857. The van der Waals surface area contributed by atoms with E-state index in [1.807, 2.05) is 0 Å². The smallest absolute Gasteiger partial charge is 0.0143 e. The van der Waals surface area contributed by atoms with Crippen molar-refractivity contribution in [1.29, 1.82) is 0 Å². The minimum absolute atomic E-state index is 0.232. The van der Waals surface area contributed by atoms with Crippen molar-refractivity contribution in [3.63, 3.8) is 0 Å². The lowest BCUT2D eigenvalue weighted by Gasteiger charge is -2.38. The molecule has 0 radical (unpaired) electrons. The first-order valence-electron chi connectivity index (χ1n) is 6.23. The van der Waals surface area contributed by atoms with Crippen LogP contribution in [-0.2, 0) is 0 Å². The maximum absolute atomic E-state index is 3.78. The minimum Gasteiger partial charge on any atom is -0.309 e. The standard InChI is InChI=1S/C14H27N/c1-10(2)12-8-7-11(3)9-13(12)15-14(4,5)6/h7,10,12-13,15H,8-9H2,1-6H3. The van der Waals surface area contributed by atoms with E-state index >= 15 is 0 Å². The van der Waals surface area contributed by atoms with Gasteiger partial charge in [-0.3, -0.25) is 0 Å². The number of rotatable bonds is 2. The lowest BCUT2D eigenvalue weighted by Crippen LogP contribution is -2.49. The Morgan fingerprint density at radius 3 is 2.40 bits per heavy atom. The van der Waals surface area contributed by atoms with Gasteiger partial charge in [-0.1, -0.05) is 25.5 Å². The molecule has 15 heavy (non-hydrogen) atoms.